The lowest BCUT2D eigenvalue weighted by atomic mass is 10.0. The van der Waals surface area contributed by atoms with Gasteiger partial charge in [0.1, 0.15) is 31.0 Å². The van der Waals surface area contributed by atoms with Gasteiger partial charge in [-0.15, -0.1) is 5.10 Å². The number of benzene rings is 1. The number of hydrogen-bond donors (Lipinski definition) is 1. The Morgan fingerprint density at radius 1 is 1.03 bits per heavy atom. The predicted molar refractivity (Wildman–Crippen MR) is 122 cm³/mol. The van der Waals surface area contributed by atoms with Gasteiger partial charge in [0.15, 0.2) is 17.8 Å². The number of carbonyl (C=O) groups is 3. The van der Waals surface area contributed by atoms with Crippen LogP contribution in [0.2, 0.25) is 0 Å². The number of rotatable bonds is 9. The number of hydrogen-bond acceptors (Lipinski definition) is 12. The first-order valence-corrected chi connectivity index (χ1v) is 11.9. The molecule has 2 saturated heterocycles. The summed E-state index contributed by atoms with van der Waals surface area (Å²) in [5, 5.41) is 18.9. The summed E-state index contributed by atoms with van der Waals surface area (Å²) in [7, 11) is 0. The molecule has 1 N–H and O–H groups in total. The van der Waals surface area contributed by atoms with Crippen molar-refractivity contribution in [3.63, 3.8) is 0 Å². The summed E-state index contributed by atoms with van der Waals surface area (Å²) in [6.45, 7) is 6.20. The summed E-state index contributed by atoms with van der Waals surface area (Å²) in [5.41, 5.74) is -0.337. The van der Waals surface area contributed by atoms with Gasteiger partial charge in [-0.25, -0.2) is 19.1 Å². The highest BCUT2D eigenvalue weighted by Gasteiger charge is 2.58. The molecule has 0 spiro atoms. The molecule has 4 rings (SSSR count). The molecule has 3 heterocycles. The highest BCUT2D eigenvalue weighted by molar-refractivity contribution is 6.00. The van der Waals surface area contributed by atoms with Crippen molar-refractivity contribution in [2.45, 2.75) is 64.1 Å². The van der Waals surface area contributed by atoms with Gasteiger partial charge >= 0.3 is 17.9 Å². The average molecular weight is 520 g/mol. The molecule has 1 aromatic heterocycles. The third-order valence-electron chi connectivity index (χ3n) is 5.74. The van der Waals surface area contributed by atoms with Crippen molar-refractivity contribution in [1.82, 2.24) is 15.0 Å². The Labute approximate surface area is 212 Å². The van der Waals surface area contributed by atoms with Crippen LogP contribution in [0.25, 0.3) is 0 Å². The van der Waals surface area contributed by atoms with Gasteiger partial charge in [-0.3, -0.25) is 0 Å². The molecule has 0 amide bonds. The van der Waals surface area contributed by atoms with Gasteiger partial charge in [0, 0.05) is 0 Å². The van der Waals surface area contributed by atoms with E-state index in [4.69, 9.17) is 28.4 Å². The second kappa shape index (κ2) is 10.9. The first-order valence-electron chi connectivity index (χ1n) is 11.9. The van der Waals surface area contributed by atoms with Crippen molar-refractivity contribution in [3.8, 4) is 0 Å². The molecule has 2 aliphatic rings. The second-order valence-corrected chi connectivity index (χ2v) is 8.76. The Balaban J connectivity index is 1.65. The molecule has 0 unspecified atom stereocenters. The highest BCUT2D eigenvalue weighted by atomic mass is 16.8. The zero-order valence-corrected chi connectivity index (χ0v) is 20.9. The maximum absolute atomic E-state index is 12.9. The standard InChI is InChI=1S/C24H29N3O10/c1-5-32-21(30)15-16(22(31)33-6-2)27(26-25-15)17-18(35-23-19(17)36-24(3,4)37-23)14(28)12-34-20(29)13-10-8-7-9-11-13/h7-11,14,17-19,23,28H,5-6,12H2,1-4H3/t14-,17+,18-,19-,23-/m1/s1. The number of fused-ring (bicyclic) bond motifs is 1. The summed E-state index contributed by atoms with van der Waals surface area (Å²) in [6, 6.07) is 7.28. The first-order chi connectivity index (χ1) is 17.7. The third kappa shape index (κ3) is 5.49. The minimum Gasteiger partial charge on any atom is -0.461 e. The van der Waals surface area contributed by atoms with Gasteiger partial charge in [-0.05, 0) is 39.8 Å². The third-order valence-corrected chi connectivity index (χ3v) is 5.74. The van der Waals surface area contributed by atoms with Crippen LogP contribution in [-0.4, -0.2) is 88.2 Å². The summed E-state index contributed by atoms with van der Waals surface area (Å²) in [5.74, 6) is -3.43. The Kier molecular flexibility index (Phi) is 7.87. The van der Waals surface area contributed by atoms with Crippen molar-refractivity contribution >= 4 is 17.9 Å². The quantitative estimate of drug-likeness (QED) is 0.374. The fourth-order valence-corrected chi connectivity index (χ4v) is 4.25. The maximum atomic E-state index is 12.9. The van der Waals surface area contributed by atoms with Crippen LogP contribution in [0.15, 0.2) is 30.3 Å². The van der Waals surface area contributed by atoms with Crippen LogP contribution in [0.5, 0.6) is 0 Å². The molecular formula is C24H29N3O10. The number of esters is 3. The zero-order valence-electron chi connectivity index (χ0n) is 20.9. The van der Waals surface area contributed by atoms with Gasteiger partial charge in [0.25, 0.3) is 0 Å². The summed E-state index contributed by atoms with van der Waals surface area (Å²) < 4.78 is 34.3. The van der Waals surface area contributed by atoms with E-state index >= 15 is 0 Å². The van der Waals surface area contributed by atoms with Crippen LogP contribution in [0, 0.1) is 0 Å². The van der Waals surface area contributed by atoms with E-state index in [1.807, 2.05) is 0 Å². The van der Waals surface area contributed by atoms with Gasteiger partial charge in [0.2, 0.25) is 5.69 Å². The van der Waals surface area contributed by atoms with Crippen molar-refractivity contribution in [3.05, 3.63) is 47.3 Å². The molecule has 2 aromatic rings. The van der Waals surface area contributed by atoms with E-state index < -0.39 is 60.9 Å². The number of nitrogens with zero attached hydrogens (tertiary/aromatic N) is 3. The van der Waals surface area contributed by atoms with Crippen molar-refractivity contribution in [2.75, 3.05) is 19.8 Å². The van der Waals surface area contributed by atoms with Gasteiger partial charge < -0.3 is 33.5 Å². The summed E-state index contributed by atoms with van der Waals surface area (Å²) in [4.78, 5) is 37.8. The van der Waals surface area contributed by atoms with Crippen LogP contribution in [-0.2, 0) is 28.4 Å². The number of aliphatic hydroxyl groups is 1. The summed E-state index contributed by atoms with van der Waals surface area (Å²) in [6.07, 6.45) is -4.32. The fourth-order valence-electron chi connectivity index (χ4n) is 4.25. The number of carbonyl (C=O) groups excluding carboxylic acids is 3. The van der Waals surface area contributed by atoms with Crippen molar-refractivity contribution in [1.29, 1.82) is 0 Å². The number of aromatic nitrogens is 3. The first kappa shape index (κ1) is 26.7. The predicted octanol–water partition coefficient (Wildman–Crippen LogP) is 1.27. The number of ether oxygens (including phenoxy) is 6. The van der Waals surface area contributed by atoms with Gasteiger partial charge in [0.05, 0.1) is 18.8 Å². The Hall–Kier alpha value is -3.39. The molecule has 37 heavy (non-hydrogen) atoms. The lowest BCUT2D eigenvalue weighted by Crippen LogP contribution is -2.42. The lowest BCUT2D eigenvalue weighted by Gasteiger charge is -2.28. The molecular weight excluding hydrogens is 490 g/mol. The molecule has 0 aliphatic carbocycles. The van der Waals surface area contributed by atoms with Crippen LogP contribution < -0.4 is 0 Å². The molecule has 0 saturated carbocycles. The molecule has 0 bridgehead atoms. The van der Waals surface area contributed by atoms with Gasteiger partial charge in [-0.2, -0.15) is 0 Å². The normalized spacial score (nSPS) is 24.8. The topological polar surface area (TPSA) is 158 Å². The summed E-state index contributed by atoms with van der Waals surface area (Å²) >= 11 is 0. The fraction of sp³-hybridized carbons (Fsp3) is 0.542. The monoisotopic (exact) mass is 519 g/mol. The Morgan fingerprint density at radius 3 is 2.38 bits per heavy atom. The minimum absolute atomic E-state index is 0.0215. The molecule has 200 valence electrons. The molecule has 13 heteroatoms. The van der Waals surface area contributed by atoms with Gasteiger partial charge in [-0.1, -0.05) is 23.4 Å². The largest absolute Gasteiger partial charge is 0.461 e. The smallest absolute Gasteiger partial charge is 0.361 e. The molecule has 2 aliphatic heterocycles. The van der Waals surface area contributed by atoms with Crippen LogP contribution >= 0.6 is 0 Å². The maximum Gasteiger partial charge on any atom is 0.361 e. The number of aliphatic hydroxyl groups excluding tert-OH is 1. The second-order valence-electron chi connectivity index (χ2n) is 8.76. The van der Waals surface area contributed by atoms with E-state index in [0.29, 0.717) is 5.56 Å². The average Bonchev–Trinajstić information content (AvgIpc) is 3.52. The van der Waals surface area contributed by atoms with E-state index in [0.717, 1.165) is 4.68 Å². The van der Waals surface area contributed by atoms with Crippen LogP contribution in [0.1, 0.15) is 65.1 Å². The van der Waals surface area contributed by atoms with E-state index in [-0.39, 0.29) is 24.6 Å². The SMILES string of the molecule is CCOC(=O)c1nnn([C@@H]2[C@H]3OC(C)(C)O[C@H]3O[C@@H]2[C@H](O)COC(=O)c2ccccc2)c1C(=O)OCC. The van der Waals surface area contributed by atoms with Crippen LogP contribution in [0.4, 0.5) is 0 Å². The van der Waals surface area contributed by atoms with Crippen molar-refractivity contribution < 1.29 is 47.9 Å². The molecule has 13 nitrogen and oxygen atoms in total. The van der Waals surface area contributed by atoms with E-state index in [9.17, 15) is 19.5 Å². The molecule has 0 radical (unpaired) electrons. The lowest BCUT2D eigenvalue weighted by molar-refractivity contribution is -0.221. The highest BCUT2D eigenvalue weighted by Crippen LogP contribution is 2.44. The van der Waals surface area contributed by atoms with E-state index in [1.165, 1.54) is 0 Å². The zero-order chi connectivity index (χ0) is 26.7. The Morgan fingerprint density at radius 2 is 1.70 bits per heavy atom. The van der Waals surface area contributed by atoms with E-state index in [1.54, 1.807) is 58.0 Å². The van der Waals surface area contributed by atoms with E-state index in [2.05, 4.69) is 10.3 Å². The Bertz CT molecular complexity index is 1140. The minimum atomic E-state index is -1.39. The molecule has 1 aromatic carbocycles. The molecule has 5 atom stereocenters. The van der Waals surface area contributed by atoms with Crippen LogP contribution in [0.3, 0.4) is 0 Å². The molecule has 2 fully saturated rings. The van der Waals surface area contributed by atoms with Crippen molar-refractivity contribution in [2.24, 2.45) is 0 Å².